The second-order valence-corrected chi connectivity index (χ2v) is 6.85. The van der Waals surface area contributed by atoms with E-state index in [1.165, 1.54) is 27.7 Å². The van der Waals surface area contributed by atoms with Crippen molar-refractivity contribution in [3.8, 4) is 0 Å². The number of rotatable bonds is 3. The molecule has 25 heavy (non-hydrogen) atoms. The lowest BCUT2D eigenvalue weighted by Crippen LogP contribution is -2.26. The number of aliphatic hydroxyl groups excluding tert-OH is 1. The Morgan fingerprint density at radius 2 is 2.04 bits per heavy atom. The molecule has 0 aliphatic carbocycles. The zero-order valence-corrected chi connectivity index (χ0v) is 14.7. The van der Waals surface area contributed by atoms with Crippen molar-refractivity contribution in [3.63, 3.8) is 0 Å². The highest BCUT2D eigenvalue weighted by Gasteiger charge is 2.22. The number of fused-ring (bicyclic) bond motifs is 3. The third-order valence-electron chi connectivity index (χ3n) is 5.04. The maximum atomic E-state index is 9.93. The number of aryl methyl sites for hydroxylation is 1. The number of aromatic nitrogens is 2. The van der Waals surface area contributed by atoms with E-state index in [1.54, 1.807) is 12.4 Å². The molecule has 0 atom stereocenters. The summed E-state index contributed by atoms with van der Waals surface area (Å²) >= 11 is 0. The zero-order chi connectivity index (χ0) is 17.4. The highest BCUT2D eigenvalue weighted by atomic mass is 16.3. The number of likely N-dealkylation sites (N-methyl/N-ethyl adjacent to an activating group) is 1. The molecule has 2 aromatic heterocycles. The van der Waals surface area contributed by atoms with Crippen molar-refractivity contribution in [2.75, 3.05) is 20.2 Å². The van der Waals surface area contributed by atoms with Crippen LogP contribution in [0.2, 0.25) is 0 Å². The highest BCUT2D eigenvalue weighted by molar-refractivity contribution is 5.90. The summed E-state index contributed by atoms with van der Waals surface area (Å²) in [5.74, 6) is 0. The van der Waals surface area contributed by atoms with Crippen molar-refractivity contribution in [1.82, 2.24) is 14.5 Å². The Morgan fingerprint density at radius 3 is 2.80 bits per heavy atom. The Hall–Kier alpha value is -2.43. The van der Waals surface area contributed by atoms with Gasteiger partial charge in [0, 0.05) is 54.8 Å². The Bertz CT molecular complexity index is 941. The average molecular weight is 333 g/mol. The van der Waals surface area contributed by atoms with Crippen LogP contribution in [0.5, 0.6) is 0 Å². The molecule has 0 bridgehead atoms. The van der Waals surface area contributed by atoms with Crippen LogP contribution in [0.25, 0.3) is 22.7 Å². The topological polar surface area (TPSA) is 41.3 Å². The van der Waals surface area contributed by atoms with E-state index in [0.29, 0.717) is 0 Å². The predicted octanol–water partition coefficient (Wildman–Crippen LogP) is 3.32. The van der Waals surface area contributed by atoms with Crippen molar-refractivity contribution in [2.45, 2.75) is 19.9 Å². The Labute approximate surface area is 148 Å². The van der Waals surface area contributed by atoms with Gasteiger partial charge in [-0.3, -0.25) is 4.98 Å². The summed E-state index contributed by atoms with van der Waals surface area (Å²) in [5, 5.41) is 11.3. The maximum absolute atomic E-state index is 9.93. The van der Waals surface area contributed by atoms with Gasteiger partial charge in [0.15, 0.2) is 0 Å². The molecule has 0 amide bonds. The van der Waals surface area contributed by atoms with Gasteiger partial charge < -0.3 is 14.6 Å². The number of aliphatic hydroxyl groups is 1. The lowest BCUT2D eigenvalue weighted by Gasteiger charge is -2.23. The minimum atomic E-state index is 0.00419. The molecule has 0 saturated carbocycles. The third-order valence-corrected chi connectivity index (χ3v) is 5.04. The first kappa shape index (κ1) is 16.1. The monoisotopic (exact) mass is 333 g/mol. The number of benzene rings is 1. The first-order chi connectivity index (χ1) is 12.2. The zero-order valence-electron chi connectivity index (χ0n) is 14.7. The molecule has 3 aromatic rings. The minimum absolute atomic E-state index is 0.00419. The second-order valence-electron chi connectivity index (χ2n) is 6.85. The van der Waals surface area contributed by atoms with E-state index in [-0.39, 0.29) is 6.61 Å². The van der Waals surface area contributed by atoms with E-state index in [9.17, 15) is 5.11 Å². The summed E-state index contributed by atoms with van der Waals surface area (Å²) in [4.78, 5) is 6.45. The molecule has 1 N–H and O–H groups in total. The molecule has 0 spiro atoms. The molecule has 1 aromatic carbocycles. The summed E-state index contributed by atoms with van der Waals surface area (Å²) in [6, 6.07) is 10.5. The maximum Gasteiger partial charge on any atom is 0.0702 e. The van der Waals surface area contributed by atoms with Crippen LogP contribution in [-0.2, 0) is 13.0 Å². The van der Waals surface area contributed by atoms with Gasteiger partial charge in [-0.05, 0) is 49.4 Å². The quantitative estimate of drug-likeness (QED) is 0.799. The number of hydrogen-bond acceptors (Lipinski definition) is 3. The summed E-state index contributed by atoms with van der Waals surface area (Å²) in [6.45, 7) is 4.17. The fraction of sp³-hybridized carbons (Fsp3) is 0.286. The van der Waals surface area contributed by atoms with Crippen LogP contribution < -0.4 is 0 Å². The first-order valence-electron chi connectivity index (χ1n) is 8.70. The standard InChI is InChI=1S/C21H23N3O/c1-15-3-4-20-18(11-15)19-13-23(2)10-7-21(19)24(20)12-17(14-25)16-5-8-22-9-6-16/h3-6,8-9,11-12,25H,7,10,13-14H2,1-2H3. The van der Waals surface area contributed by atoms with Gasteiger partial charge in [-0.25, -0.2) is 0 Å². The van der Waals surface area contributed by atoms with Crippen LogP contribution in [0.15, 0.2) is 42.7 Å². The fourth-order valence-corrected chi connectivity index (χ4v) is 3.72. The van der Waals surface area contributed by atoms with E-state index in [4.69, 9.17) is 0 Å². The summed E-state index contributed by atoms with van der Waals surface area (Å²) in [7, 11) is 2.17. The van der Waals surface area contributed by atoms with E-state index in [2.05, 4.69) is 52.8 Å². The van der Waals surface area contributed by atoms with Crippen LogP contribution in [0.3, 0.4) is 0 Å². The molecule has 0 unspecified atom stereocenters. The van der Waals surface area contributed by atoms with E-state index >= 15 is 0 Å². The molecule has 3 heterocycles. The van der Waals surface area contributed by atoms with Crippen LogP contribution in [0.1, 0.15) is 22.4 Å². The largest absolute Gasteiger partial charge is 0.392 e. The summed E-state index contributed by atoms with van der Waals surface area (Å²) in [5.41, 5.74) is 7.18. The van der Waals surface area contributed by atoms with Crippen molar-refractivity contribution >= 4 is 22.7 Å². The van der Waals surface area contributed by atoms with Gasteiger partial charge in [-0.2, -0.15) is 0 Å². The molecule has 4 rings (SSSR count). The van der Waals surface area contributed by atoms with Crippen LogP contribution in [0, 0.1) is 6.92 Å². The van der Waals surface area contributed by atoms with E-state index in [0.717, 1.165) is 30.6 Å². The van der Waals surface area contributed by atoms with Gasteiger partial charge in [-0.1, -0.05) is 11.6 Å². The number of pyridine rings is 1. The summed E-state index contributed by atoms with van der Waals surface area (Å²) in [6.07, 6.45) is 6.64. The number of hydrogen-bond donors (Lipinski definition) is 1. The van der Waals surface area contributed by atoms with Crippen LogP contribution in [-0.4, -0.2) is 39.8 Å². The second kappa shape index (κ2) is 6.47. The molecule has 1 aliphatic heterocycles. The van der Waals surface area contributed by atoms with Gasteiger partial charge >= 0.3 is 0 Å². The Morgan fingerprint density at radius 1 is 1.24 bits per heavy atom. The third kappa shape index (κ3) is 2.88. The van der Waals surface area contributed by atoms with Gasteiger partial charge in [-0.15, -0.1) is 0 Å². The molecule has 4 nitrogen and oxygen atoms in total. The average Bonchev–Trinajstić information content (AvgIpc) is 2.92. The SMILES string of the molecule is Cc1ccc2c(c1)c1c(n2C=C(CO)c2ccncc2)CCN(C)C1. The van der Waals surface area contributed by atoms with Gasteiger partial charge in [0.25, 0.3) is 0 Å². The number of nitrogens with zero attached hydrogens (tertiary/aromatic N) is 3. The lowest BCUT2D eigenvalue weighted by atomic mass is 10.0. The molecule has 1 aliphatic rings. The van der Waals surface area contributed by atoms with Crippen molar-refractivity contribution in [1.29, 1.82) is 0 Å². The highest BCUT2D eigenvalue weighted by Crippen LogP contribution is 2.32. The fourth-order valence-electron chi connectivity index (χ4n) is 3.72. The van der Waals surface area contributed by atoms with Gasteiger partial charge in [0.1, 0.15) is 0 Å². The molecule has 128 valence electrons. The van der Waals surface area contributed by atoms with E-state index in [1.807, 2.05) is 12.1 Å². The molecule has 4 heteroatoms. The molecular weight excluding hydrogens is 310 g/mol. The van der Waals surface area contributed by atoms with Crippen molar-refractivity contribution < 1.29 is 5.11 Å². The Balaban J connectivity index is 1.94. The summed E-state index contributed by atoms with van der Waals surface area (Å²) < 4.78 is 2.28. The molecular formula is C21H23N3O. The predicted molar refractivity (Wildman–Crippen MR) is 102 cm³/mol. The van der Waals surface area contributed by atoms with E-state index < -0.39 is 0 Å². The van der Waals surface area contributed by atoms with Crippen molar-refractivity contribution in [2.24, 2.45) is 0 Å². The Kier molecular flexibility index (Phi) is 4.15. The minimum Gasteiger partial charge on any atom is -0.392 e. The first-order valence-corrected chi connectivity index (χ1v) is 8.70. The smallest absolute Gasteiger partial charge is 0.0702 e. The molecule has 0 radical (unpaired) electrons. The lowest BCUT2D eigenvalue weighted by molar-refractivity contribution is 0.312. The van der Waals surface area contributed by atoms with Crippen LogP contribution >= 0.6 is 0 Å². The molecule has 0 fully saturated rings. The molecule has 0 saturated heterocycles. The van der Waals surface area contributed by atoms with Crippen molar-refractivity contribution in [3.05, 3.63) is 65.1 Å². The normalized spacial score (nSPS) is 15.6. The van der Waals surface area contributed by atoms with Gasteiger partial charge in [0.2, 0.25) is 0 Å². The van der Waals surface area contributed by atoms with Crippen LogP contribution in [0.4, 0.5) is 0 Å². The van der Waals surface area contributed by atoms with Gasteiger partial charge in [0.05, 0.1) is 12.1 Å².